The van der Waals surface area contributed by atoms with E-state index in [4.69, 9.17) is 0 Å². The highest BCUT2D eigenvalue weighted by Crippen LogP contribution is 2.31. The zero-order chi connectivity index (χ0) is 27.6. The fraction of sp³-hybridized carbons (Fsp3) is 0.100. The highest BCUT2D eigenvalue weighted by Gasteiger charge is 2.31. The van der Waals surface area contributed by atoms with Crippen molar-refractivity contribution in [3.63, 3.8) is 0 Å². The molecule has 0 atom stereocenters. The van der Waals surface area contributed by atoms with Gasteiger partial charge in [-0.2, -0.15) is 18.3 Å². The minimum atomic E-state index is -4.59. The van der Waals surface area contributed by atoms with Crippen molar-refractivity contribution in [1.29, 1.82) is 0 Å². The van der Waals surface area contributed by atoms with Gasteiger partial charge in [0.05, 0.1) is 11.3 Å². The number of alkyl halides is 3. The summed E-state index contributed by atoms with van der Waals surface area (Å²) in [6.07, 6.45) is -1.10. The van der Waals surface area contributed by atoms with Crippen LogP contribution in [0.15, 0.2) is 108 Å². The van der Waals surface area contributed by atoms with Crippen molar-refractivity contribution >= 4 is 5.91 Å². The number of halogens is 3. The number of carbonyl (C=O) groups excluding carboxylic acids is 1. The molecule has 3 aromatic carbocycles. The van der Waals surface area contributed by atoms with Gasteiger partial charge in [-0.25, -0.2) is 4.68 Å². The van der Waals surface area contributed by atoms with Gasteiger partial charge in [0.25, 0.3) is 11.5 Å². The molecule has 0 unspecified atom stereocenters. The van der Waals surface area contributed by atoms with Gasteiger partial charge in [-0.1, -0.05) is 48.5 Å². The summed E-state index contributed by atoms with van der Waals surface area (Å²) in [4.78, 5) is 26.9. The van der Waals surface area contributed by atoms with Gasteiger partial charge >= 0.3 is 6.18 Å². The first-order chi connectivity index (χ1) is 18.7. The molecule has 1 amide bonds. The molecule has 0 bridgehead atoms. The number of benzene rings is 3. The second kappa shape index (κ2) is 10.4. The molecule has 5 aromatic rings. The summed E-state index contributed by atoms with van der Waals surface area (Å²) in [5, 5.41) is 6.95. The molecule has 2 heterocycles. The van der Waals surface area contributed by atoms with Crippen LogP contribution >= 0.6 is 0 Å². The number of nitrogens with one attached hydrogen (secondary N) is 1. The van der Waals surface area contributed by atoms with Crippen LogP contribution in [0.2, 0.25) is 0 Å². The zero-order valence-electron chi connectivity index (χ0n) is 20.8. The molecule has 0 radical (unpaired) electrons. The number of aromatic nitrogens is 3. The summed E-state index contributed by atoms with van der Waals surface area (Å²) >= 11 is 0. The highest BCUT2D eigenvalue weighted by molar-refractivity contribution is 5.95. The first-order valence-corrected chi connectivity index (χ1v) is 12.1. The van der Waals surface area contributed by atoms with E-state index in [1.807, 2.05) is 54.7 Å². The maximum atomic E-state index is 13.6. The van der Waals surface area contributed by atoms with Crippen molar-refractivity contribution in [2.45, 2.75) is 19.6 Å². The average molecular weight is 529 g/mol. The van der Waals surface area contributed by atoms with Crippen LogP contribution in [0, 0.1) is 6.92 Å². The third kappa shape index (κ3) is 5.38. The van der Waals surface area contributed by atoms with Crippen LogP contribution in [0.3, 0.4) is 0 Å². The van der Waals surface area contributed by atoms with E-state index < -0.39 is 23.2 Å². The lowest BCUT2D eigenvalue weighted by molar-refractivity contribution is -0.137. The summed E-state index contributed by atoms with van der Waals surface area (Å²) < 4.78 is 43.2. The predicted molar refractivity (Wildman–Crippen MR) is 142 cm³/mol. The van der Waals surface area contributed by atoms with Gasteiger partial charge in [0, 0.05) is 35.9 Å². The summed E-state index contributed by atoms with van der Waals surface area (Å²) in [6.45, 7) is 1.79. The number of hydrogen-bond acceptors (Lipinski definition) is 3. The Labute approximate surface area is 222 Å². The van der Waals surface area contributed by atoms with Crippen LogP contribution in [0.5, 0.6) is 0 Å². The molecule has 5 rings (SSSR count). The van der Waals surface area contributed by atoms with Gasteiger partial charge in [-0.05, 0) is 60.5 Å². The van der Waals surface area contributed by atoms with E-state index in [-0.39, 0.29) is 17.8 Å². The lowest BCUT2D eigenvalue weighted by Crippen LogP contribution is -2.33. The number of carbonyl (C=O) groups is 1. The molecule has 0 spiro atoms. The summed E-state index contributed by atoms with van der Waals surface area (Å²) in [7, 11) is 0. The van der Waals surface area contributed by atoms with Gasteiger partial charge in [0.2, 0.25) is 0 Å². The van der Waals surface area contributed by atoms with Crippen molar-refractivity contribution in [1.82, 2.24) is 19.7 Å². The molecule has 0 aliphatic heterocycles. The summed E-state index contributed by atoms with van der Waals surface area (Å²) in [5.74, 6) is -0.631. The van der Waals surface area contributed by atoms with Gasteiger partial charge in [-0.3, -0.25) is 14.2 Å². The largest absolute Gasteiger partial charge is 0.416 e. The first kappa shape index (κ1) is 25.7. The quantitative estimate of drug-likeness (QED) is 0.296. The normalized spacial score (nSPS) is 11.4. The Bertz CT molecular complexity index is 1670. The number of nitrogens with zero attached hydrogens (tertiary/aromatic N) is 3. The van der Waals surface area contributed by atoms with E-state index in [9.17, 15) is 22.8 Å². The molecule has 39 heavy (non-hydrogen) atoms. The molecule has 196 valence electrons. The Balaban J connectivity index is 1.52. The minimum Gasteiger partial charge on any atom is -0.348 e. The topological polar surface area (TPSA) is 68.9 Å². The van der Waals surface area contributed by atoms with Gasteiger partial charge in [0.15, 0.2) is 0 Å². The van der Waals surface area contributed by atoms with Crippen molar-refractivity contribution in [3.05, 3.63) is 136 Å². The highest BCUT2D eigenvalue weighted by atomic mass is 19.4. The molecule has 6 nitrogen and oxygen atoms in total. The molecule has 1 N–H and O–H groups in total. The monoisotopic (exact) mass is 528 g/mol. The van der Waals surface area contributed by atoms with Crippen molar-refractivity contribution in [2.24, 2.45) is 0 Å². The van der Waals surface area contributed by atoms with Crippen molar-refractivity contribution in [2.75, 3.05) is 0 Å². The molecule has 2 aromatic heterocycles. The number of amides is 1. The number of pyridine rings is 1. The lowest BCUT2D eigenvalue weighted by Gasteiger charge is -2.18. The number of rotatable bonds is 6. The van der Waals surface area contributed by atoms with E-state index >= 15 is 0 Å². The summed E-state index contributed by atoms with van der Waals surface area (Å²) in [5.41, 5.74) is 1.59. The Morgan fingerprint density at radius 3 is 2.31 bits per heavy atom. The standard InChI is InChI=1S/C30H23F3N4O2/c1-20-26(22-7-3-2-4-8-22)18-27(29(39)37(20)25-10-5-9-23(17-25)30(31,32)33)28(38)34-19-21-11-13-24(14-12-21)36-16-6-15-35-36/h2-18H,19H2,1H3,(H,34,38). The summed E-state index contributed by atoms with van der Waals surface area (Å²) in [6, 6.07) is 24.3. The molecule has 0 aliphatic rings. The average Bonchev–Trinajstić information content (AvgIpc) is 3.48. The van der Waals surface area contributed by atoms with Crippen molar-refractivity contribution in [3.8, 4) is 22.5 Å². The van der Waals surface area contributed by atoms with E-state index in [1.165, 1.54) is 18.2 Å². The van der Waals surface area contributed by atoms with Crippen LogP contribution in [-0.4, -0.2) is 20.3 Å². The predicted octanol–water partition coefficient (Wildman–Crippen LogP) is 5.95. The van der Waals surface area contributed by atoms with Gasteiger partial charge in [0.1, 0.15) is 5.56 Å². The molecular formula is C30H23F3N4O2. The van der Waals surface area contributed by atoms with Crippen LogP contribution in [-0.2, 0) is 12.7 Å². The molecular weight excluding hydrogens is 505 g/mol. The van der Waals surface area contributed by atoms with Crippen LogP contribution in [0.1, 0.15) is 27.2 Å². The van der Waals surface area contributed by atoms with E-state index in [0.717, 1.165) is 33.5 Å². The Morgan fingerprint density at radius 2 is 1.64 bits per heavy atom. The molecule has 0 aliphatic carbocycles. The fourth-order valence-electron chi connectivity index (χ4n) is 4.37. The van der Waals surface area contributed by atoms with Crippen LogP contribution in [0.25, 0.3) is 22.5 Å². The lowest BCUT2D eigenvalue weighted by atomic mass is 10.0. The Hall–Kier alpha value is -4.92. The van der Waals surface area contributed by atoms with Crippen LogP contribution in [0.4, 0.5) is 13.2 Å². The van der Waals surface area contributed by atoms with Crippen LogP contribution < -0.4 is 10.9 Å². The molecule has 9 heteroatoms. The smallest absolute Gasteiger partial charge is 0.348 e. The maximum Gasteiger partial charge on any atom is 0.416 e. The molecule has 0 saturated heterocycles. The van der Waals surface area contributed by atoms with Crippen molar-refractivity contribution < 1.29 is 18.0 Å². The Kier molecular flexibility index (Phi) is 6.89. The van der Waals surface area contributed by atoms with Gasteiger partial charge < -0.3 is 5.32 Å². The van der Waals surface area contributed by atoms with E-state index in [2.05, 4.69) is 10.4 Å². The zero-order valence-corrected chi connectivity index (χ0v) is 20.8. The third-order valence-electron chi connectivity index (χ3n) is 6.37. The molecule has 0 fully saturated rings. The fourth-order valence-corrected chi connectivity index (χ4v) is 4.37. The van der Waals surface area contributed by atoms with Gasteiger partial charge in [-0.15, -0.1) is 0 Å². The van der Waals surface area contributed by atoms with E-state index in [0.29, 0.717) is 11.3 Å². The SMILES string of the molecule is Cc1c(-c2ccccc2)cc(C(=O)NCc2ccc(-n3cccn3)cc2)c(=O)n1-c1cccc(C(F)(F)F)c1. The first-order valence-electron chi connectivity index (χ1n) is 12.1. The second-order valence-electron chi connectivity index (χ2n) is 8.91. The second-order valence-corrected chi connectivity index (χ2v) is 8.91. The van der Waals surface area contributed by atoms with E-state index in [1.54, 1.807) is 29.9 Å². The number of hydrogen-bond donors (Lipinski definition) is 1. The third-order valence-corrected chi connectivity index (χ3v) is 6.37. The molecule has 0 saturated carbocycles. The minimum absolute atomic E-state index is 0.0216. The maximum absolute atomic E-state index is 13.6. The Morgan fingerprint density at radius 1 is 0.897 bits per heavy atom.